The normalized spacial score (nSPS) is 10.2. The van der Waals surface area contributed by atoms with Gasteiger partial charge in [-0.15, -0.1) is 0 Å². The van der Waals surface area contributed by atoms with Crippen LogP contribution in [0.1, 0.15) is 5.56 Å². The zero-order valence-electron chi connectivity index (χ0n) is 5.40. The van der Waals surface area contributed by atoms with Crippen LogP contribution in [0.4, 0.5) is 4.39 Å². The summed E-state index contributed by atoms with van der Waals surface area (Å²) in [5.41, 5.74) is -0.0702. The van der Waals surface area contributed by atoms with Crippen LogP contribution in [-0.2, 0) is 11.7 Å². The van der Waals surface area contributed by atoms with Crippen molar-refractivity contribution in [2.75, 3.05) is 0 Å². The van der Waals surface area contributed by atoms with Gasteiger partial charge in [0.2, 0.25) is 0 Å². The van der Waals surface area contributed by atoms with Gasteiger partial charge in [-0.05, 0) is 12.1 Å². The highest BCUT2D eigenvalue weighted by atomic mass is 35.5. The van der Waals surface area contributed by atoms with Gasteiger partial charge in [0.05, 0.1) is 5.02 Å². The fraction of sp³-hybridized carbons (Fsp3) is 0.143. The fourth-order valence-electron chi connectivity index (χ4n) is 0.701. The smallest absolute Gasteiger partial charge is 0.148 e. The molecule has 0 saturated heterocycles. The largest absolute Gasteiger partial charge is 0.231 e. The summed E-state index contributed by atoms with van der Waals surface area (Å²) < 4.78 is 12.8. The fourth-order valence-corrected chi connectivity index (χ4v) is 1.08. The van der Waals surface area contributed by atoms with E-state index in [0.717, 1.165) is 0 Å². The lowest BCUT2D eigenvalue weighted by atomic mass is 10.2. The molecule has 1 radical (unpaired) electrons. The Bertz CT molecular complexity index is 275. The van der Waals surface area contributed by atoms with E-state index in [1.807, 2.05) is 0 Å². The minimum atomic E-state index is -0.714. The van der Waals surface area contributed by atoms with Crippen molar-refractivity contribution in [1.29, 1.82) is 0 Å². The molecular formula is C7H4Cl2FO. The van der Waals surface area contributed by atoms with E-state index in [0.29, 0.717) is 0 Å². The molecule has 0 fully saturated rings. The van der Waals surface area contributed by atoms with Crippen molar-refractivity contribution in [3.8, 4) is 0 Å². The molecule has 0 aliphatic carbocycles. The van der Waals surface area contributed by atoms with E-state index in [2.05, 4.69) is 0 Å². The van der Waals surface area contributed by atoms with Crippen molar-refractivity contribution >= 4 is 23.2 Å². The van der Waals surface area contributed by atoms with Crippen LogP contribution in [0.25, 0.3) is 0 Å². The van der Waals surface area contributed by atoms with E-state index in [-0.39, 0.29) is 15.6 Å². The first-order valence-electron chi connectivity index (χ1n) is 2.87. The molecule has 0 aliphatic heterocycles. The Balaban J connectivity index is 3.29. The van der Waals surface area contributed by atoms with Gasteiger partial charge in [0, 0.05) is 10.6 Å². The molecule has 0 aromatic heterocycles. The summed E-state index contributed by atoms with van der Waals surface area (Å²) in [6, 6.07) is 2.72. The Morgan fingerprint density at radius 1 is 1.27 bits per heavy atom. The van der Waals surface area contributed by atoms with E-state index in [4.69, 9.17) is 23.2 Å². The van der Waals surface area contributed by atoms with Gasteiger partial charge < -0.3 is 0 Å². The molecule has 0 saturated carbocycles. The summed E-state index contributed by atoms with van der Waals surface area (Å²) in [4.78, 5) is 0. The third kappa shape index (κ3) is 1.64. The van der Waals surface area contributed by atoms with E-state index in [1.54, 1.807) is 0 Å². The molecule has 59 valence electrons. The maximum atomic E-state index is 12.8. The van der Waals surface area contributed by atoms with E-state index in [1.165, 1.54) is 12.1 Å². The van der Waals surface area contributed by atoms with Gasteiger partial charge in [-0.25, -0.2) is 9.50 Å². The Labute approximate surface area is 73.4 Å². The van der Waals surface area contributed by atoms with Crippen LogP contribution in [0.2, 0.25) is 10.0 Å². The van der Waals surface area contributed by atoms with Gasteiger partial charge in [0.15, 0.2) is 0 Å². The minimum Gasteiger partial charge on any atom is -0.231 e. The molecule has 0 N–H and O–H groups in total. The predicted octanol–water partition coefficient (Wildman–Crippen LogP) is 3.06. The molecule has 1 rings (SSSR count). The van der Waals surface area contributed by atoms with Crippen molar-refractivity contribution in [2.45, 2.75) is 6.61 Å². The quantitative estimate of drug-likeness (QED) is 0.612. The van der Waals surface area contributed by atoms with Crippen molar-refractivity contribution < 1.29 is 9.50 Å². The molecule has 11 heavy (non-hydrogen) atoms. The molecule has 0 unspecified atom stereocenters. The minimum absolute atomic E-state index is 0.0692. The monoisotopic (exact) mass is 193 g/mol. The summed E-state index contributed by atoms with van der Waals surface area (Å²) in [6.45, 7) is -0.689. The average molecular weight is 194 g/mol. The first-order chi connectivity index (χ1) is 5.16. The lowest BCUT2D eigenvalue weighted by Crippen LogP contribution is -1.90. The Hall–Kier alpha value is -0.310. The molecular weight excluding hydrogens is 190 g/mol. The van der Waals surface area contributed by atoms with Crippen LogP contribution < -0.4 is 0 Å². The molecule has 1 nitrogen and oxygen atoms in total. The molecule has 0 aliphatic rings. The van der Waals surface area contributed by atoms with Crippen LogP contribution >= 0.6 is 23.2 Å². The highest BCUT2D eigenvalue weighted by Crippen LogP contribution is 2.25. The van der Waals surface area contributed by atoms with Crippen LogP contribution in [-0.4, -0.2) is 0 Å². The summed E-state index contributed by atoms with van der Waals surface area (Å²) in [5.74, 6) is -0.714. The van der Waals surface area contributed by atoms with Crippen molar-refractivity contribution in [3.05, 3.63) is 33.6 Å². The summed E-state index contributed by atoms with van der Waals surface area (Å²) in [6.07, 6.45) is 0. The molecule has 1 aromatic carbocycles. The third-order valence-electron chi connectivity index (χ3n) is 1.28. The zero-order valence-corrected chi connectivity index (χ0v) is 6.92. The number of halogens is 3. The number of hydrogen-bond donors (Lipinski definition) is 0. The molecule has 0 bridgehead atoms. The maximum Gasteiger partial charge on any atom is 0.148 e. The zero-order chi connectivity index (χ0) is 8.43. The van der Waals surface area contributed by atoms with E-state index < -0.39 is 12.4 Å². The van der Waals surface area contributed by atoms with Crippen molar-refractivity contribution in [3.63, 3.8) is 0 Å². The van der Waals surface area contributed by atoms with Crippen molar-refractivity contribution in [2.24, 2.45) is 0 Å². The molecule has 1 aromatic rings. The second-order valence-corrected chi connectivity index (χ2v) is 2.78. The van der Waals surface area contributed by atoms with Gasteiger partial charge in [-0.2, -0.15) is 0 Å². The highest BCUT2D eigenvalue weighted by molar-refractivity contribution is 6.33. The lowest BCUT2D eigenvalue weighted by Gasteiger charge is -2.01. The maximum absolute atomic E-state index is 12.8. The summed E-state index contributed by atoms with van der Waals surface area (Å²) in [7, 11) is 0. The van der Waals surface area contributed by atoms with Gasteiger partial charge in [-0.3, -0.25) is 0 Å². The van der Waals surface area contributed by atoms with Gasteiger partial charge in [0.1, 0.15) is 12.4 Å². The molecule has 4 heteroatoms. The second-order valence-electron chi connectivity index (χ2n) is 1.97. The summed E-state index contributed by atoms with van der Waals surface area (Å²) in [5, 5.41) is 10.4. The Morgan fingerprint density at radius 2 is 1.82 bits per heavy atom. The van der Waals surface area contributed by atoms with Crippen LogP contribution in [0.5, 0.6) is 0 Å². The highest BCUT2D eigenvalue weighted by Gasteiger charge is 2.09. The number of hydrogen-bond acceptors (Lipinski definition) is 0. The topological polar surface area (TPSA) is 19.9 Å². The second kappa shape index (κ2) is 3.39. The Kier molecular flexibility index (Phi) is 2.71. The average Bonchev–Trinajstić information content (AvgIpc) is 1.99. The first kappa shape index (κ1) is 8.78. The molecule has 0 spiro atoms. The van der Waals surface area contributed by atoms with Crippen molar-refractivity contribution in [1.82, 2.24) is 0 Å². The summed E-state index contributed by atoms with van der Waals surface area (Å²) >= 11 is 10.9. The first-order valence-corrected chi connectivity index (χ1v) is 3.63. The number of benzene rings is 1. The molecule has 0 heterocycles. The third-order valence-corrected chi connectivity index (χ3v) is 1.93. The van der Waals surface area contributed by atoms with Gasteiger partial charge in [-0.1, -0.05) is 23.2 Å². The molecule has 0 amide bonds. The van der Waals surface area contributed by atoms with Crippen LogP contribution in [0, 0.1) is 5.82 Å². The Morgan fingerprint density at radius 3 is 2.27 bits per heavy atom. The van der Waals surface area contributed by atoms with Gasteiger partial charge >= 0.3 is 0 Å². The number of rotatable bonds is 1. The molecule has 0 atom stereocenters. The predicted molar refractivity (Wildman–Crippen MR) is 40.8 cm³/mol. The van der Waals surface area contributed by atoms with E-state index >= 15 is 0 Å². The van der Waals surface area contributed by atoms with E-state index in [9.17, 15) is 9.50 Å². The SMILES string of the molecule is [O]Cc1c(Cl)ccc(Cl)c1F. The van der Waals surface area contributed by atoms with Gasteiger partial charge in [0.25, 0.3) is 0 Å². The van der Waals surface area contributed by atoms with Crippen LogP contribution in [0.15, 0.2) is 12.1 Å². The lowest BCUT2D eigenvalue weighted by molar-refractivity contribution is 0.174. The standard InChI is InChI=1S/C7H4Cl2FO/c8-5-1-2-6(9)7(10)4(5)3-11/h1-2H,3H2. The van der Waals surface area contributed by atoms with Crippen LogP contribution in [0.3, 0.4) is 0 Å².